The van der Waals surface area contributed by atoms with Crippen LogP contribution in [0.1, 0.15) is 24.6 Å². The van der Waals surface area contributed by atoms with Gasteiger partial charge in [-0.25, -0.2) is 0 Å². The van der Waals surface area contributed by atoms with Crippen molar-refractivity contribution in [2.75, 3.05) is 13.6 Å². The smallest absolute Gasteiger partial charge is 0.0794 e. The van der Waals surface area contributed by atoms with Crippen molar-refractivity contribution >= 4 is 11.3 Å². The third kappa shape index (κ3) is 3.00. The number of hydrogen-bond acceptors (Lipinski definition) is 4. The molecule has 4 heteroatoms. The van der Waals surface area contributed by atoms with Crippen molar-refractivity contribution in [3.05, 3.63) is 16.6 Å². The van der Waals surface area contributed by atoms with Crippen molar-refractivity contribution in [2.24, 2.45) is 0 Å². The molecule has 84 valence electrons. The second-order valence-corrected chi connectivity index (χ2v) is 5.37. The van der Waals surface area contributed by atoms with E-state index in [-0.39, 0.29) is 0 Å². The third-order valence-corrected chi connectivity index (χ3v) is 4.04. The lowest BCUT2D eigenvalue weighted by atomic mass is 9.99. The summed E-state index contributed by atoms with van der Waals surface area (Å²) in [6, 6.07) is 1.39. The molecule has 0 radical (unpaired) electrons. The van der Waals surface area contributed by atoms with Crippen LogP contribution in [-0.2, 0) is 6.54 Å². The second kappa shape index (κ2) is 5.05. The van der Waals surface area contributed by atoms with E-state index in [1.54, 1.807) is 11.3 Å². The fourth-order valence-corrected chi connectivity index (χ4v) is 2.59. The summed E-state index contributed by atoms with van der Waals surface area (Å²) in [7, 11) is 2.21. The summed E-state index contributed by atoms with van der Waals surface area (Å²) in [6.45, 7) is 4.49. The van der Waals surface area contributed by atoms with Gasteiger partial charge >= 0.3 is 0 Å². The van der Waals surface area contributed by atoms with Crippen LogP contribution in [-0.4, -0.2) is 35.6 Å². The Kier molecular flexibility index (Phi) is 3.72. The van der Waals surface area contributed by atoms with Gasteiger partial charge in [0, 0.05) is 29.7 Å². The van der Waals surface area contributed by atoms with Crippen molar-refractivity contribution < 1.29 is 0 Å². The SMILES string of the molecule is CC1CC(NCc2cncs2)CCN1C. The summed E-state index contributed by atoms with van der Waals surface area (Å²) in [5.74, 6) is 0. The van der Waals surface area contributed by atoms with Crippen LogP contribution in [0.4, 0.5) is 0 Å². The van der Waals surface area contributed by atoms with Gasteiger partial charge in [-0.1, -0.05) is 0 Å². The van der Waals surface area contributed by atoms with E-state index in [4.69, 9.17) is 0 Å². The maximum absolute atomic E-state index is 4.08. The zero-order valence-electron chi connectivity index (χ0n) is 9.44. The van der Waals surface area contributed by atoms with E-state index in [0.29, 0.717) is 12.1 Å². The minimum absolute atomic E-state index is 0.679. The normalized spacial score (nSPS) is 28.1. The first-order valence-corrected chi connectivity index (χ1v) is 6.44. The first-order valence-electron chi connectivity index (χ1n) is 5.56. The first-order chi connectivity index (χ1) is 7.25. The number of aromatic nitrogens is 1. The van der Waals surface area contributed by atoms with Crippen LogP contribution in [0.5, 0.6) is 0 Å². The van der Waals surface area contributed by atoms with E-state index in [1.807, 2.05) is 11.7 Å². The molecule has 2 atom stereocenters. The van der Waals surface area contributed by atoms with E-state index in [9.17, 15) is 0 Å². The summed E-state index contributed by atoms with van der Waals surface area (Å²) in [5.41, 5.74) is 1.90. The van der Waals surface area contributed by atoms with E-state index in [2.05, 4.69) is 29.2 Å². The average molecular weight is 225 g/mol. The quantitative estimate of drug-likeness (QED) is 0.849. The minimum Gasteiger partial charge on any atom is -0.309 e. The van der Waals surface area contributed by atoms with Gasteiger partial charge in [0.25, 0.3) is 0 Å². The number of thiazole rings is 1. The molecule has 1 saturated heterocycles. The highest BCUT2D eigenvalue weighted by Gasteiger charge is 2.21. The molecule has 0 amide bonds. The fourth-order valence-electron chi connectivity index (χ4n) is 2.05. The Morgan fingerprint density at radius 1 is 1.67 bits per heavy atom. The van der Waals surface area contributed by atoms with Gasteiger partial charge in [0.1, 0.15) is 0 Å². The zero-order chi connectivity index (χ0) is 10.7. The van der Waals surface area contributed by atoms with Gasteiger partial charge in [-0.3, -0.25) is 4.98 Å². The van der Waals surface area contributed by atoms with E-state index in [0.717, 1.165) is 6.54 Å². The van der Waals surface area contributed by atoms with Gasteiger partial charge in [-0.2, -0.15) is 0 Å². The molecule has 3 nitrogen and oxygen atoms in total. The Bertz CT molecular complexity index is 286. The number of hydrogen-bond donors (Lipinski definition) is 1. The van der Waals surface area contributed by atoms with Crippen molar-refractivity contribution in [2.45, 2.75) is 38.4 Å². The molecular formula is C11H19N3S. The number of likely N-dealkylation sites (tertiary alicyclic amines) is 1. The van der Waals surface area contributed by atoms with Crippen molar-refractivity contribution in [1.82, 2.24) is 15.2 Å². The standard InChI is InChI=1S/C11H19N3S/c1-9-5-10(3-4-14(9)2)13-7-11-6-12-8-15-11/h6,8-10,13H,3-5,7H2,1-2H3. The molecule has 1 aromatic rings. The van der Waals surface area contributed by atoms with Crippen LogP contribution in [0, 0.1) is 0 Å². The topological polar surface area (TPSA) is 28.2 Å². The predicted molar refractivity (Wildman–Crippen MR) is 64.1 cm³/mol. The van der Waals surface area contributed by atoms with Gasteiger partial charge in [-0.15, -0.1) is 11.3 Å². The Labute approximate surface area is 95.5 Å². The van der Waals surface area contributed by atoms with Crippen molar-refractivity contribution in [1.29, 1.82) is 0 Å². The molecule has 0 aliphatic carbocycles. The minimum atomic E-state index is 0.679. The monoisotopic (exact) mass is 225 g/mol. The summed E-state index contributed by atoms with van der Waals surface area (Å²) < 4.78 is 0. The maximum atomic E-state index is 4.08. The van der Waals surface area contributed by atoms with Crippen LogP contribution in [0.15, 0.2) is 11.7 Å². The number of piperidine rings is 1. The molecular weight excluding hydrogens is 206 g/mol. The highest BCUT2D eigenvalue weighted by Crippen LogP contribution is 2.16. The molecule has 15 heavy (non-hydrogen) atoms. The Morgan fingerprint density at radius 2 is 2.53 bits per heavy atom. The summed E-state index contributed by atoms with van der Waals surface area (Å²) in [4.78, 5) is 7.85. The first kappa shape index (κ1) is 11.0. The van der Waals surface area contributed by atoms with Gasteiger partial charge in [0.05, 0.1) is 5.51 Å². The van der Waals surface area contributed by atoms with Crippen LogP contribution in [0.25, 0.3) is 0 Å². The summed E-state index contributed by atoms with van der Waals surface area (Å²) in [6.07, 6.45) is 4.48. The fraction of sp³-hybridized carbons (Fsp3) is 0.727. The van der Waals surface area contributed by atoms with Gasteiger partial charge in [0.2, 0.25) is 0 Å². The molecule has 1 aromatic heterocycles. The molecule has 1 aliphatic rings. The van der Waals surface area contributed by atoms with E-state index in [1.165, 1.54) is 24.3 Å². The highest BCUT2D eigenvalue weighted by molar-refractivity contribution is 7.09. The van der Waals surface area contributed by atoms with Crippen molar-refractivity contribution in [3.8, 4) is 0 Å². The van der Waals surface area contributed by atoms with Gasteiger partial charge < -0.3 is 10.2 Å². The Hall–Kier alpha value is -0.450. The molecule has 2 rings (SSSR count). The molecule has 0 aromatic carbocycles. The van der Waals surface area contributed by atoms with E-state index >= 15 is 0 Å². The molecule has 1 fully saturated rings. The molecule has 2 unspecified atom stereocenters. The number of nitrogens with one attached hydrogen (secondary N) is 1. The molecule has 0 saturated carbocycles. The number of nitrogens with zero attached hydrogens (tertiary/aromatic N) is 2. The van der Waals surface area contributed by atoms with Crippen LogP contribution in [0.3, 0.4) is 0 Å². The Balaban J connectivity index is 1.76. The molecule has 1 aliphatic heterocycles. The van der Waals surface area contributed by atoms with Gasteiger partial charge in [-0.05, 0) is 33.4 Å². The summed E-state index contributed by atoms with van der Waals surface area (Å²) in [5, 5.41) is 3.62. The average Bonchev–Trinajstić information content (AvgIpc) is 2.73. The van der Waals surface area contributed by atoms with Crippen LogP contribution >= 0.6 is 11.3 Å². The highest BCUT2D eigenvalue weighted by atomic mass is 32.1. The molecule has 2 heterocycles. The van der Waals surface area contributed by atoms with E-state index < -0.39 is 0 Å². The van der Waals surface area contributed by atoms with Crippen molar-refractivity contribution in [3.63, 3.8) is 0 Å². The van der Waals surface area contributed by atoms with Crippen LogP contribution < -0.4 is 5.32 Å². The largest absolute Gasteiger partial charge is 0.309 e. The lowest BCUT2D eigenvalue weighted by molar-refractivity contribution is 0.168. The Morgan fingerprint density at radius 3 is 3.20 bits per heavy atom. The molecule has 1 N–H and O–H groups in total. The lowest BCUT2D eigenvalue weighted by Gasteiger charge is -2.35. The second-order valence-electron chi connectivity index (χ2n) is 4.40. The van der Waals surface area contributed by atoms with Crippen LogP contribution in [0.2, 0.25) is 0 Å². The maximum Gasteiger partial charge on any atom is 0.0794 e. The number of rotatable bonds is 3. The van der Waals surface area contributed by atoms with Gasteiger partial charge in [0.15, 0.2) is 0 Å². The molecule has 0 spiro atoms. The zero-order valence-corrected chi connectivity index (χ0v) is 10.3. The third-order valence-electron chi connectivity index (χ3n) is 3.26. The predicted octanol–water partition coefficient (Wildman–Crippen LogP) is 1.72. The lowest BCUT2D eigenvalue weighted by Crippen LogP contribution is -2.45. The summed E-state index contributed by atoms with van der Waals surface area (Å²) >= 11 is 1.73. The molecule has 0 bridgehead atoms.